The number of aromatic nitrogens is 6. The van der Waals surface area contributed by atoms with Gasteiger partial charge in [-0.3, -0.25) is 14.4 Å². The van der Waals surface area contributed by atoms with E-state index in [9.17, 15) is 37.5 Å². The number of allylic oxidation sites excluding steroid dienone is 1. The fraction of sp³-hybridized carbons (Fsp3) is 0.444. The molecule has 2 aliphatic carbocycles. The molecule has 4 amide bonds. The molecule has 19 heteroatoms. The van der Waals surface area contributed by atoms with Crippen molar-refractivity contribution in [2.24, 2.45) is 0 Å². The van der Waals surface area contributed by atoms with Gasteiger partial charge in [-0.15, -0.1) is 5.10 Å². The van der Waals surface area contributed by atoms with E-state index in [2.05, 4.69) is 25.7 Å². The number of likely N-dealkylation sites (tertiary alicyclic amines) is 1. The molecule has 1 atom stereocenters. The van der Waals surface area contributed by atoms with Gasteiger partial charge in [0.2, 0.25) is 11.7 Å². The maximum absolute atomic E-state index is 14.6. The van der Waals surface area contributed by atoms with Crippen LogP contribution in [-0.4, -0.2) is 95.1 Å². The van der Waals surface area contributed by atoms with Crippen LogP contribution in [0.2, 0.25) is 5.02 Å². The van der Waals surface area contributed by atoms with E-state index in [0.29, 0.717) is 68.4 Å². The number of alkyl halides is 3. The average Bonchev–Trinajstić information content (AvgIpc) is 3.60. The highest BCUT2D eigenvalue weighted by molar-refractivity contribution is 6.33. The Morgan fingerprint density at radius 2 is 1.89 bits per heavy atom. The van der Waals surface area contributed by atoms with Crippen molar-refractivity contribution >= 4 is 46.5 Å². The maximum atomic E-state index is 14.6. The van der Waals surface area contributed by atoms with Crippen LogP contribution in [0.1, 0.15) is 78.1 Å². The largest absolute Gasteiger partial charge is 0.504 e. The van der Waals surface area contributed by atoms with Crippen LogP contribution in [0.25, 0.3) is 11.4 Å². The molecule has 1 unspecified atom stereocenters. The zero-order valence-electron chi connectivity index (χ0n) is 30.0. The summed E-state index contributed by atoms with van der Waals surface area (Å²) in [6.07, 6.45) is 3.87. The second-order valence-electron chi connectivity index (χ2n) is 14.3. The molecule has 1 saturated heterocycles. The number of amides is 4. The first-order valence-electron chi connectivity index (χ1n) is 17.8. The summed E-state index contributed by atoms with van der Waals surface area (Å²) < 4.78 is 42.7. The smallest absolute Gasteiger partial charge is 0.416 e. The number of rotatable bonds is 6. The van der Waals surface area contributed by atoms with Gasteiger partial charge >= 0.3 is 12.2 Å². The van der Waals surface area contributed by atoms with Gasteiger partial charge in [0, 0.05) is 49.9 Å². The first-order valence-corrected chi connectivity index (χ1v) is 18.2. The molecule has 15 nitrogen and oxygen atoms in total. The lowest BCUT2D eigenvalue weighted by Gasteiger charge is -2.45. The number of fused-ring (bicyclic) bond motifs is 3. The molecule has 1 aromatic carbocycles. The summed E-state index contributed by atoms with van der Waals surface area (Å²) in [7, 11) is 3.32. The third-order valence-corrected chi connectivity index (χ3v) is 11.0. The van der Waals surface area contributed by atoms with Gasteiger partial charge in [-0.25, -0.2) is 14.8 Å². The molecule has 4 aromatic rings. The van der Waals surface area contributed by atoms with Gasteiger partial charge in [-0.05, 0) is 75.1 Å². The molecular weight excluding hydrogens is 745 g/mol. The zero-order valence-corrected chi connectivity index (χ0v) is 30.7. The van der Waals surface area contributed by atoms with Gasteiger partial charge in [0.1, 0.15) is 12.9 Å². The van der Waals surface area contributed by atoms with Crippen molar-refractivity contribution in [3.8, 4) is 5.75 Å². The molecule has 7 rings (SSSR count). The van der Waals surface area contributed by atoms with Crippen molar-refractivity contribution in [2.75, 3.05) is 32.5 Å². The van der Waals surface area contributed by atoms with Crippen LogP contribution in [0, 0.1) is 0 Å². The Kier molecular flexibility index (Phi) is 10.0. The third kappa shape index (κ3) is 7.34. The highest BCUT2D eigenvalue weighted by Gasteiger charge is 2.45. The highest BCUT2D eigenvalue weighted by atomic mass is 35.5. The highest BCUT2D eigenvalue weighted by Crippen LogP contribution is 2.44. The standard InChI is InChI=1S/C36H38ClF3N10O5/c1-47(2)34(55)43-22-8-5-20(6-9-22)30-45-33-49(18-27(52)44-24-10-7-21(16-23(24)37)36(38,39)40)25-4-3-11-35(28(25)31(53)50(33)46-30)12-14-48(15-13-35)32(54)29-26(51)17-41-19-42-29/h5,7,10,16-17,19,22,51H,3-4,6,8-9,11-15,18H2,1-2H3,(H,43,55)(H,44,52). The van der Waals surface area contributed by atoms with Crippen LogP contribution in [0.4, 0.5) is 23.7 Å². The maximum Gasteiger partial charge on any atom is 0.416 e. The summed E-state index contributed by atoms with van der Waals surface area (Å²) in [4.78, 5) is 69.3. The SMILES string of the molecule is CN(C)C(=O)NC1CC=C(c2nc3n(CC(=O)Nc4ccc(C(F)(F)F)cc4Cl)c4c(c(=O)n3n2)C2(CCC4)CCN(C(=O)c3ncncc3O)CC2)CC1. The number of aromatic hydroxyl groups is 1. The average molecular weight is 783 g/mol. The number of hydrogen-bond acceptors (Lipinski definition) is 9. The summed E-state index contributed by atoms with van der Waals surface area (Å²) in [6.45, 7) is 0.188. The zero-order chi connectivity index (χ0) is 39.2. The van der Waals surface area contributed by atoms with Crippen LogP contribution < -0.4 is 16.2 Å². The van der Waals surface area contributed by atoms with Crippen LogP contribution in [0.5, 0.6) is 5.75 Å². The van der Waals surface area contributed by atoms with E-state index in [4.69, 9.17) is 16.6 Å². The van der Waals surface area contributed by atoms with Crippen molar-refractivity contribution in [2.45, 2.75) is 75.5 Å². The number of carbonyl (C=O) groups excluding carboxylic acids is 3. The molecule has 0 bridgehead atoms. The van der Waals surface area contributed by atoms with Gasteiger partial charge in [0.25, 0.3) is 11.5 Å². The van der Waals surface area contributed by atoms with Crippen LogP contribution >= 0.6 is 11.6 Å². The van der Waals surface area contributed by atoms with E-state index in [1.54, 1.807) is 23.6 Å². The minimum absolute atomic E-state index is 0.0146. The Balaban J connectivity index is 1.24. The minimum atomic E-state index is -4.62. The van der Waals surface area contributed by atoms with Gasteiger partial charge in [0.05, 0.1) is 22.5 Å². The number of halogens is 4. The van der Waals surface area contributed by atoms with Crippen LogP contribution in [-0.2, 0) is 29.4 Å². The number of benzene rings is 1. The van der Waals surface area contributed by atoms with E-state index in [0.717, 1.165) is 30.0 Å². The van der Waals surface area contributed by atoms with Gasteiger partial charge in [-0.2, -0.15) is 22.7 Å². The monoisotopic (exact) mass is 782 g/mol. The number of hydrogen-bond donors (Lipinski definition) is 3. The van der Waals surface area contributed by atoms with Crippen molar-refractivity contribution in [3.05, 3.63) is 80.5 Å². The first-order chi connectivity index (χ1) is 26.1. The van der Waals surface area contributed by atoms with Crippen molar-refractivity contribution in [1.82, 2.24) is 44.2 Å². The summed E-state index contributed by atoms with van der Waals surface area (Å²) in [5.74, 6) is -0.973. The molecular formula is C36H38ClF3N10O5. The predicted molar refractivity (Wildman–Crippen MR) is 194 cm³/mol. The molecule has 3 aliphatic rings. The normalized spacial score (nSPS) is 18.1. The Bertz CT molecular complexity index is 2280. The lowest BCUT2D eigenvalue weighted by atomic mass is 9.66. The second-order valence-corrected chi connectivity index (χ2v) is 14.7. The Morgan fingerprint density at radius 3 is 2.55 bits per heavy atom. The van der Waals surface area contributed by atoms with Gasteiger partial charge < -0.3 is 30.1 Å². The molecule has 55 heavy (non-hydrogen) atoms. The van der Waals surface area contributed by atoms with Crippen LogP contribution in [0.3, 0.4) is 0 Å². The number of urea groups is 1. The van der Waals surface area contributed by atoms with E-state index < -0.39 is 29.0 Å². The summed E-state index contributed by atoms with van der Waals surface area (Å²) in [6, 6.07) is 2.35. The molecule has 1 aliphatic heterocycles. The van der Waals surface area contributed by atoms with E-state index in [-0.39, 0.29) is 65.2 Å². The molecule has 1 fully saturated rings. The quantitative estimate of drug-likeness (QED) is 0.255. The molecule has 3 N–H and O–H groups in total. The molecule has 0 saturated carbocycles. The Hall–Kier alpha value is -5.52. The fourth-order valence-corrected chi connectivity index (χ4v) is 8.01. The van der Waals surface area contributed by atoms with Crippen molar-refractivity contribution < 1.29 is 32.7 Å². The van der Waals surface area contributed by atoms with E-state index in [1.807, 2.05) is 6.08 Å². The second kappa shape index (κ2) is 14.6. The number of anilines is 1. The van der Waals surface area contributed by atoms with Gasteiger partial charge in [-0.1, -0.05) is 17.7 Å². The Labute approximate surface area is 317 Å². The lowest BCUT2D eigenvalue weighted by molar-refractivity contribution is -0.137. The molecule has 4 heterocycles. The van der Waals surface area contributed by atoms with Crippen LogP contribution in [0.15, 0.2) is 41.6 Å². The number of nitrogens with zero attached hydrogens (tertiary/aromatic N) is 8. The number of carbonyl (C=O) groups is 3. The summed E-state index contributed by atoms with van der Waals surface area (Å²) in [5.41, 5.74) is -0.302. The van der Waals surface area contributed by atoms with E-state index >= 15 is 0 Å². The molecule has 0 radical (unpaired) electrons. The topological polar surface area (TPSA) is 180 Å². The van der Waals surface area contributed by atoms with Gasteiger partial charge in [0.15, 0.2) is 17.3 Å². The Morgan fingerprint density at radius 1 is 1.13 bits per heavy atom. The van der Waals surface area contributed by atoms with Crippen molar-refractivity contribution in [3.63, 3.8) is 0 Å². The predicted octanol–water partition coefficient (Wildman–Crippen LogP) is 4.41. The van der Waals surface area contributed by atoms with E-state index in [1.165, 1.54) is 15.7 Å². The lowest BCUT2D eigenvalue weighted by Crippen LogP contribution is -2.50. The minimum Gasteiger partial charge on any atom is -0.504 e. The molecule has 290 valence electrons. The third-order valence-electron chi connectivity index (χ3n) is 10.7. The summed E-state index contributed by atoms with van der Waals surface area (Å²) in [5, 5.41) is 20.2. The number of piperidine rings is 1. The summed E-state index contributed by atoms with van der Waals surface area (Å²) >= 11 is 6.17. The number of nitrogens with one attached hydrogen (secondary N) is 2. The van der Waals surface area contributed by atoms with Crippen molar-refractivity contribution in [1.29, 1.82) is 0 Å². The fourth-order valence-electron chi connectivity index (χ4n) is 7.79. The molecule has 3 aromatic heterocycles. The first kappa shape index (κ1) is 37.8. The molecule has 1 spiro atoms.